The van der Waals surface area contributed by atoms with Crippen LogP contribution in [0, 0.1) is 6.92 Å². The Morgan fingerprint density at radius 2 is 1.90 bits per heavy atom. The fourth-order valence-electron chi connectivity index (χ4n) is 3.78. The van der Waals surface area contributed by atoms with E-state index in [2.05, 4.69) is 41.3 Å². The zero-order chi connectivity index (χ0) is 20.2. The number of pyridine rings is 1. The average molecular weight is 407 g/mol. The summed E-state index contributed by atoms with van der Waals surface area (Å²) in [5.41, 5.74) is 4.61. The summed E-state index contributed by atoms with van der Waals surface area (Å²) in [6, 6.07) is 20.9. The molecule has 0 N–H and O–H groups in total. The molecular weight excluding hydrogens is 380 g/mol. The fourth-order valence-corrected chi connectivity index (χ4v) is 5.14. The molecule has 1 aromatic heterocycles. The molecule has 0 amide bonds. The van der Waals surface area contributed by atoms with Gasteiger partial charge in [-0.15, -0.1) is 11.8 Å². The highest BCUT2D eigenvalue weighted by Gasteiger charge is 2.26. The molecule has 0 saturated carbocycles. The van der Waals surface area contributed by atoms with Crippen LogP contribution in [-0.4, -0.2) is 25.7 Å². The van der Waals surface area contributed by atoms with Crippen LogP contribution in [0.2, 0.25) is 0 Å². The number of ether oxygens (including phenoxy) is 2. The number of aromatic nitrogens is 1. The molecule has 2 heterocycles. The van der Waals surface area contributed by atoms with Crippen molar-refractivity contribution in [2.24, 2.45) is 0 Å². The predicted molar refractivity (Wildman–Crippen MR) is 119 cm³/mol. The van der Waals surface area contributed by atoms with Crippen LogP contribution in [0.15, 0.2) is 65.6 Å². The zero-order valence-electron chi connectivity index (χ0n) is 17.1. The van der Waals surface area contributed by atoms with Gasteiger partial charge in [-0.1, -0.05) is 24.3 Å². The molecule has 0 spiro atoms. The van der Waals surface area contributed by atoms with Crippen LogP contribution in [-0.2, 0) is 6.54 Å². The summed E-state index contributed by atoms with van der Waals surface area (Å²) in [6.07, 6.45) is 1.02. The van der Waals surface area contributed by atoms with Crippen molar-refractivity contribution < 1.29 is 9.47 Å². The first-order valence-electron chi connectivity index (χ1n) is 9.83. The third-order valence-corrected chi connectivity index (χ3v) is 6.58. The Balaban J connectivity index is 1.70. The summed E-state index contributed by atoms with van der Waals surface area (Å²) in [7, 11) is 3.46. The number of nitrogens with zero attached hydrogens (tertiary/aromatic N) is 2. The van der Waals surface area contributed by atoms with Crippen LogP contribution in [0.3, 0.4) is 0 Å². The minimum atomic E-state index is 0.312. The summed E-state index contributed by atoms with van der Waals surface area (Å²) >= 11 is 1.89. The summed E-state index contributed by atoms with van der Waals surface area (Å²) in [5, 5.41) is 0.312. The lowest BCUT2D eigenvalue weighted by Gasteiger charge is -2.24. The third-order valence-electron chi connectivity index (χ3n) is 5.22. The molecule has 0 radical (unpaired) electrons. The van der Waals surface area contributed by atoms with Crippen molar-refractivity contribution in [2.45, 2.75) is 30.0 Å². The molecule has 3 aromatic rings. The zero-order valence-corrected chi connectivity index (χ0v) is 17.9. The van der Waals surface area contributed by atoms with E-state index in [-0.39, 0.29) is 0 Å². The Bertz CT molecular complexity index is 992. The predicted octanol–water partition coefficient (Wildman–Crippen LogP) is 5.65. The molecule has 0 fully saturated rings. The number of anilines is 1. The number of aryl methyl sites for hydroxylation is 1. The number of methoxy groups -OCH3 is 2. The topological polar surface area (TPSA) is 34.6 Å². The minimum Gasteiger partial charge on any atom is -0.497 e. The number of rotatable bonds is 5. The number of fused-ring (bicyclic) bond motifs is 1. The normalized spacial score (nSPS) is 16.1. The van der Waals surface area contributed by atoms with Gasteiger partial charge in [-0.2, -0.15) is 0 Å². The van der Waals surface area contributed by atoms with E-state index >= 15 is 0 Å². The van der Waals surface area contributed by atoms with E-state index in [1.807, 2.05) is 43.0 Å². The first-order valence-corrected chi connectivity index (χ1v) is 10.7. The smallest absolute Gasteiger partial charge is 0.123 e. The average Bonchev–Trinajstić information content (AvgIpc) is 2.92. The monoisotopic (exact) mass is 406 g/mol. The molecule has 0 bridgehead atoms. The van der Waals surface area contributed by atoms with Gasteiger partial charge in [0.25, 0.3) is 0 Å². The first kappa shape index (κ1) is 19.6. The van der Waals surface area contributed by atoms with Gasteiger partial charge in [-0.3, -0.25) is 4.98 Å². The lowest BCUT2D eigenvalue weighted by atomic mass is 10.1. The van der Waals surface area contributed by atoms with Crippen LogP contribution in [0.1, 0.15) is 28.6 Å². The van der Waals surface area contributed by atoms with E-state index in [0.29, 0.717) is 5.25 Å². The van der Waals surface area contributed by atoms with Crippen molar-refractivity contribution in [1.29, 1.82) is 0 Å². The molecule has 1 aliphatic rings. The summed E-state index contributed by atoms with van der Waals surface area (Å²) in [6.45, 7) is 3.78. The molecule has 29 heavy (non-hydrogen) atoms. The highest BCUT2D eigenvalue weighted by Crippen LogP contribution is 2.48. The number of thioether (sulfide) groups is 1. The third kappa shape index (κ3) is 4.35. The van der Waals surface area contributed by atoms with Gasteiger partial charge in [0.2, 0.25) is 0 Å². The van der Waals surface area contributed by atoms with Gasteiger partial charge in [-0.25, -0.2) is 0 Å². The molecule has 1 aliphatic heterocycles. The Kier molecular flexibility index (Phi) is 5.95. The maximum Gasteiger partial charge on any atom is 0.123 e. The second-order valence-electron chi connectivity index (χ2n) is 7.16. The fraction of sp³-hybridized carbons (Fsp3) is 0.292. The quantitative estimate of drug-likeness (QED) is 0.547. The molecule has 1 unspecified atom stereocenters. The standard InChI is InChI=1S/C24H26N2O2S/c1-17-7-6-8-18(25-17)16-26-14-13-23(20-9-4-5-10-22(20)28-3)29-24-15-19(27-2)11-12-21(24)26/h4-12,15,23H,13-14,16H2,1-3H3. The van der Waals surface area contributed by atoms with E-state index in [4.69, 9.17) is 14.5 Å². The van der Waals surface area contributed by atoms with Crippen molar-refractivity contribution in [3.8, 4) is 11.5 Å². The number of para-hydroxylation sites is 1. The number of benzene rings is 2. The highest BCUT2D eigenvalue weighted by molar-refractivity contribution is 7.99. The van der Waals surface area contributed by atoms with Crippen LogP contribution in [0.5, 0.6) is 11.5 Å². The summed E-state index contributed by atoms with van der Waals surface area (Å²) in [5.74, 6) is 1.83. The Morgan fingerprint density at radius 1 is 1.03 bits per heavy atom. The lowest BCUT2D eigenvalue weighted by Crippen LogP contribution is -2.24. The van der Waals surface area contributed by atoms with Gasteiger partial charge in [-0.05, 0) is 49.7 Å². The minimum absolute atomic E-state index is 0.312. The van der Waals surface area contributed by atoms with Crippen molar-refractivity contribution in [3.05, 3.63) is 77.6 Å². The number of hydrogen-bond acceptors (Lipinski definition) is 5. The largest absolute Gasteiger partial charge is 0.497 e. The van der Waals surface area contributed by atoms with Crippen LogP contribution in [0.25, 0.3) is 0 Å². The maximum atomic E-state index is 5.65. The van der Waals surface area contributed by atoms with Gasteiger partial charge in [0.05, 0.1) is 32.1 Å². The van der Waals surface area contributed by atoms with E-state index in [1.54, 1.807) is 14.2 Å². The SMILES string of the molecule is COc1ccc2c(c1)SC(c1ccccc1OC)CCN2Cc1cccc(C)n1. The lowest BCUT2D eigenvalue weighted by molar-refractivity contribution is 0.409. The van der Waals surface area contributed by atoms with Gasteiger partial charge in [0, 0.05) is 27.9 Å². The van der Waals surface area contributed by atoms with Gasteiger partial charge in [0.15, 0.2) is 0 Å². The van der Waals surface area contributed by atoms with Gasteiger partial charge in [0.1, 0.15) is 11.5 Å². The van der Waals surface area contributed by atoms with Crippen LogP contribution >= 0.6 is 11.8 Å². The summed E-state index contributed by atoms with van der Waals surface area (Å²) in [4.78, 5) is 8.37. The van der Waals surface area contributed by atoms with E-state index in [9.17, 15) is 0 Å². The molecule has 0 saturated heterocycles. The van der Waals surface area contributed by atoms with Crippen molar-refractivity contribution >= 4 is 17.4 Å². The second kappa shape index (κ2) is 8.78. The molecule has 5 heteroatoms. The molecule has 1 atom stereocenters. The molecule has 4 rings (SSSR count). The highest BCUT2D eigenvalue weighted by atomic mass is 32.2. The molecule has 150 valence electrons. The van der Waals surface area contributed by atoms with Crippen molar-refractivity contribution in [3.63, 3.8) is 0 Å². The Labute approximate surface area is 176 Å². The van der Waals surface area contributed by atoms with Crippen LogP contribution < -0.4 is 14.4 Å². The van der Waals surface area contributed by atoms with E-state index in [0.717, 1.165) is 42.4 Å². The van der Waals surface area contributed by atoms with Crippen molar-refractivity contribution in [1.82, 2.24) is 4.98 Å². The van der Waals surface area contributed by atoms with Crippen molar-refractivity contribution in [2.75, 3.05) is 25.7 Å². The van der Waals surface area contributed by atoms with Crippen LogP contribution in [0.4, 0.5) is 5.69 Å². The second-order valence-corrected chi connectivity index (χ2v) is 8.41. The molecule has 0 aliphatic carbocycles. The van der Waals surface area contributed by atoms with E-state index in [1.165, 1.54) is 16.1 Å². The first-order chi connectivity index (χ1) is 14.2. The molecular formula is C24H26N2O2S. The maximum absolute atomic E-state index is 5.65. The Morgan fingerprint density at radius 3 is 2.69 bits per heavy atom. The summed E-state index contributed by atoms with van der Waals surface area (Å²) < 4.78 is 11.2. The van der Waals surface area contributed by atoms with Gasteiger partial charge >= 0.3 is 0 Å². The molecule has 2 aromatic carbocycles. The van der Waals surface area contributed by atoms with E-state index < -0.39 is 0 Å². The van der Waals surface area contributed by atoms with Gasteiger partial charge < -0.3 is 14.4 Å². The Hall–Kier alpha value is -2.66. The molecule has 4 nitrogen and oxygen atoms in total. The number of hydrogen-bond donors (Lipinski definition) is 0.